The maximum Gasteiger partial charge on any atom is 0.243 e. The van der Waals surface area contributed by atoms with Gasteiger partial charge < -0.3 is 5.11 Å². The minimum Gasteiger partial charge on any atom is -0.392 e. The molecule has 0 saturated carbocycles. The average Bonchev–Trinajstić information content (AvgIpc) is 2.38. The van der Waals surface area contributed by atoms with Crippen LogP contribution in [0.4, 0.5) is 0 Å². The molecular formula is C13H18BrNO3S. The second-order valence-electron chi connectivity index (χ2n) is 4.10. The summed E-state index contributed by atoms with van der Waals surface area (Å²) in [6, 6.07) is 3.24. The number of benzene rings is 1. The summed E-state index contributed by atoms with van der Waals surface area (Å²) >= 11 is 3.33. The van der Waals surface area contributed by atoms with Crippen molar-refractivity contribution in [2.24, 2.45) is 0 Å². The van der Waals surface area contributed by atoms with Crippen LogP contribution in [0.15, 0.2) is 34.2 Å². The van der Waals surface area contributed by atoms with Crippen molar-refractivity contribution < 1.29 is 13.5 Å². The van der Waals surface area contributed by atoms with Gasteiger partial charge in [0.05, 0.1) is 11.5 Å². The van der Waals surface area contributed by atoms with Gasteiger partial charge in [-0.05, 0) is 30.2 Å². The number of rotatable bonds is 6. The van der Waals surface area contributed by atoms with Gasteiger partial charge in [0.15, 0.2) is 0 Å². The fourth-order valence-electron chi connectivity index (χ4n) is 1.75. The normalized spacial score (nSPS) is 11.8. The average molecular weight is 348 g/mol. The zero-order valence-electron chi connectivity index (χ0n) is 11.1. The standard InChI is InChI=1S/C13H18BrNO3S/c1-4-6-15(5-2)19(17,18)13-8-11(9-16)7-12(14)10(13)3/h4,7-8,16H,1,5-6,9H2,2-3H3. The van der Waals surface area contributed by atoms with E-state index in [1.807, 2.05) is 0 Å². The van der Waals surface area contributed by atoms with E-state index < -0.39 is 10.0 Å². The molecule has 1 N–H and O–H groups in total. The van der Waals surface area contributed by atoms with E-state index in [2.05, 4.69) is 22.5 Å². The molecule has 0 heterocycles. The van der Waals surface area contributed by atoms with Crippen molar-refractivity contribution in [3.05, 3.63) is 40.4 Å². The lowest BCUT2D eigenvalue weighted by Gasteiger charge is -2.21. The van der Waals surface area contributed by atoms with Gasteiger partial charge in [0, 0.05) is 17.6 Å². The van der Waals surface area contributed by atoms with Crippen molar-refractivity contribution in [3.63, 3.8) is 0 Å². The van der Waals surface area contributed by atoms with Gasteiger partial charge in [-0.2, -0.15) is 4.31 Å². The van der Waals surface area contributed by atoms with Crippen LogP contribution < -0.4 is 0 Å². The molecule has 0 aliphatic rings. The molecule has 0 unspecified atom stereocenters. The topological polar surface area (TPSA) is 57.6 Å². The predicted molar refractivity (Wildman–Crippen MR) is 79.4 cm³/mol. The number of nitrogens with zero attached hydrogens (tertiary/aromatic N) is 1. The lowest BCUT2D eigenvalue weighted by Crippen LogP contribution is -2.31. The van der Waals surface area contributed by atoms with E-state index in [1.165, 1.54) is 10.4 Å². The van der Waals surface area contributed by atoms with Crippen LogP contribution in [0, 0.1) is 6.92 Å². The molecule has 6 heteroatoms. The highest BCUT2D eigenvalue weighted by atomic mass is 79.9. The molecule has 0 aliphatic heterocycles. The number of hydrogen-bond acceptors (Lipinski definition) is 3. The molecule has 106 valence electrons. The van der Waals surface area contributed by atoms with Crippen LogP contribution in [-0.4, -0.2) is 30.9 Å². The van der Waals surface area contributed by atoms with Gasteiger partial charge >= 0.3 is 0 Å². The van der Waals surface area contributed by atoms with Gasteiger partial charge in [-0.3, -0.25) is 0 Å². The highest BCUT2D eigenvalue weighted by Gasteiger charge is 2.25. The van der Waals surface area contributed by atoms with E-state index in [0.717, 1.165) is 0 Å². The van der Waals surface area contributed by atoms with Crippen molar-refractivity contribution >= 4 is 26.0 Å². The van der Waals surface area contributed by atoms with Crippen LogP contribution in [0.25, 0.3) is 0 Å². The molecule has 0 spiro atoms. The van der Waals surface area contributed by atoms with Crippen LogP contribution in [0.3, 0.4) is 0 Å². The molecule has 0 aromatic heterocycles. The highest BCUT2D eigenvalue weighted by Crippen LogP contribution is 2.28. The van der Waals surface area contributed by atoms with Gasteiger partial charge in [0.2, 0.25) is 10.0 Å². The Balaban J connectivity index is 3.42. The second-order valence-corrected chi connectivity index (χ2v) is 6.86. The molecule has 0 amide bonds. The molecular weight excluding hydrogens is 330 g/mol. The molecule has 1 rings (SSSR count). The van der Waals surface area contributed by atoms with Gasteiger partial charge in [0.1, 0.15) is 0 Å². The molecule has 0 aliphatic carbocycles. The van der Waals surface area contributed by atoms with E-state index in [0.29, 0.717) is 22.1 Å². The first-order valence-electron chi connectivity index (χ1n) is 5.89. The van der Waals surface area contributed by atoms with E-state index in [-0.39, 0.29) is 18.0 Å². The Labute approximate surface area is 122 Å². The molecule has 1 aromatic rings. The van der Waals surface area contributed by atoms with Crippen LogP contribution in [-0.2, 0) is 16.6 Å². The third kappa shape index (κ3) is 3.45. The van der Waals surface area contributed by atoms with Crippen molar-refractivity contribution in [1.29, 1.82) is 0 Å². The van der Waals surface area contributed by atoms with Crippen LogP contribution >= 0.6 is 15.9 Å². The minimum absolute atomic E-state index is 0.199. The lowest BCUT2D eigenvalue weighted by molar-refractivity contribution is 0.281. The highest BCUT2D eigenvalue weighted by molar-refractivity contribution is 9.10. The molecule has 0 bridgehead atoms. The zero-order valence-corrected chi connectivity index (χ0v) is 13.5. The molecule has 19 heavy (non-hydrogen) atoms. The summed E-state index contributed by atoms with van der Waals surface area (Å²) in [4.78, 5) is 0.217. The third-order valence-electron chi connectivity index (χ3n) is 2.84. The van der Waals surface area contributed by atoms with Crippen molar-refractivity contribution in [1.82, 2.24) is 4.31 Å². The van der Waals surface area contributed by atoms with Gasteiger partial charge in [-0.25, -0.2) is 8.42 Å². The van der Waals surface area contributed by atoms with Gasteiger partial charge in [0.25, 0.3) is 0 Å². The monoisotopic (exact) mass is 347 g/mol. The summed E-state index contributed by atoms with van der Waals surface area (Å²) in [7, 11) is -3.58. The molecule has 0 atom stereocenters. The summed E-state index contributed by atoms with van der Waals surface area (Å²) in [5.74, 6) is 0. The number of sulfonamides is 1. The summed E-state index contributed by atoms with van der Waals surface area (Å²) < 4.78 is 27.2. The molecule has 0 fully saturated rings. The molecule has 0 radical (unpaired) electrons. The minimum atomic E-state index is -3.58. The number of halogens is 1. The van der Waals surface area contributed by atoms with E-state index in [1.54, 1.807) is 26.0 Å². The molecule has 0 saturated heterocycles. The Morgan fingerprint density at radius 3 is 2.58 bits per heavy atom. The Kier molecular flexibility index (Phi) is 5.73. The third-order valence-corrected chi connectivity index (χ3v) is 5.73. The number of likely N-dealkylation sites (N-methyl/N-ethyl adjacent to an activating group) is 1. The lowest BCUT2D eigenvalue weighted by atomic mass is 10.2. The van der Waals surface area contributed by atoms with E-state index in [4.69, 9.17) is 0 Å². The van der Waals surface area contributed by atoms with Gasteiger partial charge in [-0.1, -0.05) is 28.9 Å². The van der Waals surface area contributed by atoms with E-state index in [9.17, 15) is 13.5 Å². The van der Waals surface area contributed by atoms with Crippen molar-refractivity contribution in [2.75, 3.05) is 13.1 Å². The smallest absolute Gasteiger partial charge is 0.243 e. The summed E-state index contributed by atoms with van der Waals surface area (Å²) in [5, 5.41) is 9.20. The van der Waals surface area contributed by atoms with Crippen LogP contribution in [0.1, 0.15) is 18.1 Å². The quantitative estimate of drug-likeness (QED) is 0.804. The van der Waals surface area contributed by atoms with Crippen molar-refractivity contribution in [3.8, 4) is 0 Å². The number of aliphatic hydroxyl groups is 1. The maximum absolute atomic E-state index is 12.6. The molecule has 4 nitrogen and oxygen atoms in total. The predicted octanol–water partition coefficient (Wildman–Crippen LogP) is 2.45. The van der Waals surface area contributed by atoms with Crippen molar-refractivity contribution in [2.45, 2.75) is 25.3 Å². The largest absolute Gasteiger partial charge is 0.392 e. The fourth-order valence-corrected chi connectivity index (χ4v) is 4.10. The van der Waals surface area contributed by atoms with E-state index >= 15 is 0 Å². The SMILES string of the molecule is C=CCN(CC)S(=O)(=O)c1cc(CO)cc(Br)c1C. The Bertz CT molecular complexity index is 569. The molecule has 1 aromatic carbocycles. The van der Waals surface area contributed by atoms with Crippen LogP contribution in [0.5, 0.6) is 0 Å². The Hall–Kier alpha value is -0.690. The Morgan fingerprint density at radius 1 is 1.47 bits per heavy atom. The Morgan fingerprint density at radius 2 is 2.11 bits per heavy atom. The summed E-state index contributed by atoms with van der Waals surface area (Å²) in [6.45, 7) is 7.52. The zero-order chi connectivity index (χ0) is 14.6. The second kappa shape index (κ2) is 6.65. The number of aliphatic hydroxyl groups excluding tert-OH is 1. The fraction of sp³-hybridized carbons (Fsp3) is 0.385. The van der Waals surface area contributed by atoms with Crippen LogP contribution in [0.2, 0.25) is 0 Å². The maximum atomic E-state index is 12.6. The summed E-state index contributed by atoms with van der Waals surface area (Å²) in [5.41, 5.74) is 1.20. The van der Waals surface area contributed by atoms with Gasteiger partial charge in [-0.15, -0.1) is 6.58 Å². The summed E-state index contributed by atoms with van der Waals surface area (Å²) in [6.07, 6.45) is 1.56. The first-order valence-corrected chi connectivity index (χ1v) is 8.12. The number of hydrogen-bond donors (Lipinski definition) is 1. The first kappa shape index (κ1) is 16.4. The first-order chi connectivity index (χ1) is 8.88.